The Kier molecular flexibility index (Phi) is 2.65. The molecule has 1 aromatic carbocycles. The van der Waals surface area contributed by atoms with E-state index in [1.807, 2.05) is 18.2 Å². The number of nitrogens with one attached hydrogen (secondary N) is 2. The van der Waals surface area contributed by atoms with Crippen LogP contribution in [0.15, 0.2) is 29.1 Å². The molecule has 4 nitrogen and oxygen atoms in total. The Balaban J connectivity index is 1.90. The van der Waals surface area contributed by atoms with E-state index in [-0.39, 0.29) is 11.1 Å². The topological polar surface area (TPSA) is 68.7 Å². The van der Waals surface area contributed by atoms with Gasteiger partial charge in [0.2, 0.25) is 0 Å². The normalized spacial score (nSPS) is 14.2. The Morgan fingerprint density at radius 3 is 3.00 bits per heavy atom. The van der Waals surface area contributed by atoms with Gasteiger partial charge in [0.1, 0.15) is 11.1 Å². The van der Waals surface area contributed by atoms with Gasteiger partial charge in [-0.2, -0.15) is 5.26 Å². The molecule has 1 heterocycles. The van der Waals surface area contributed by atoms with Gasteiger partial charge in [-0.15, -0.1) is 0 Å². The number of aromatic nitrogens is 1. The number of nitrogens with zero attached hydrogens (tertiary/aromatic N) is 1. The zero-order valence-electron chi connectivity index (χ0n) is 9.56. The van der Waals surface area contributed by atoms with E-state index in [2.05, 4.69) is 21.8 Å². The molecule has 0 atom stereocenters. The molecule has 1 fully saturated rings. The third-order valence-corrected chi connectivity index (χ3v) is 3.80. The maximum absolute atomic E-state index is 11.3. The van der Waals surface area contributed by atoms with Gasteiger partial charge < -0.3 is 5.32 Å². The number of benzene rings is 1. The van der Waals surface area contributed by atoms with E-state index in [4.69, 9.17) is 5.26 Å². The van der Waals surface area contributed by atoms with Crippen LogP contribution in [-0.4, -0.2) is 4.37 Å². The Morgan fingerprint density at radius 1 is 1.44 bits per heavy atom. The Labute approximate surface area is 108 Å². The summed E-state index contributed by atoms with van der Waals surface area (Å²) < 4.78 is 2.56. The van der Waals surface area contributed by atoms with Crippen LogP contribution in [0.4, 0.5) is 10.7 Å². The highest BCUT2D eigenvalue weighted by Gasteiger charge is 2.23. The highest BCUT2D eigenvalue weighted by Crippen LogP contribution is 2.40. The molecule has 3 rings (SSSR count). The fourth-order valence-electron chi connectivity index (χ4n) is 1.91. The van der Waals surface area contributed by atoms with E-state index in [9.17, 15) is 4.79 Å². The molecule has 0 aliphatic heterocycles. The maximum Gasteiger partial charge on any atom is 0.278 e. The summed E-state index contributed by atoms with van der Waals surface area (Å²) in [5.41, 5.74) is 2.06. The largest absolute Gasteiger partial charge is 0.345 e. The highest BCUT2D eigenvalue weighted by atomic mass is 32.1. The van der Waals surface area contributed by atoms with Crippen molar-refractivity contribution in [3.05, 3.63) is 45.7 Å². The van der Waals surface area contributed by atoms with Crippen LogP contribution in [-0.2, 0) is 0 Å². The summed E-state index contributed by atoms with van der Waals surface area (Å²) in [6, 6.07) is 10.1. The first-order valence-electron chi connectivity index (χ1n) is 5.76. The van der Waals surface area contributed by atoms with Crippen LogP contribution in [0.5, 0.6) is 0 Å². The molecule has 0 amide bonds. The van der Waals surface area contributed by atoms with Gasteiger partial charge in [-0.05, 0) is 48.0 Å². The molecule has 90 valence electrons. The van der Waals surface area contributed by atoms with E-state index in [0.717, 1.165) is 17.2 Å². The van der Waals surface area contributed by atoms with Crippen molar-refractivity contribution < 1.29 is 0 Å². The Hall–Kier alpha value is -2.06. The molecule has 2 aromatic rings. The van der Waals surface area contributed by atoms with Gasteiger partial charge in [-0.25, -0.2) is 0 Å². The average Bonchev–Trinajstić information content (AvgIpc) is 3.16. The zero-order chi connectivity index (χ0) is 12.5. The third kappa shape index (κ3) is 2.03. The second-order valence-corrected chi connectivity index (χ2v) is 5.19. The lowest BCUT2D eigenvalue weighted by Crippen LogP contribution is -2.02. The van der Waals surface area contributed by atoms with Gasteiger partial charge in [0.25, 0.3) is 5.56 Å². The van der Waals surface area contributed by atoms with E-state index in [1.54, 1.807) is 0 Å². The number of aromatic amines is 1. The fraction of sp³-hybridized carbons (Fsp3) is 0.231. The molecule has 0 bridgehead atoms. The van der Waals surface area contributed by atoms with Crippen molar-refractivity contribution >= 4 is 22.2 Å². The van der Waals surface area contributed by atoms with Crippen LogP contribution in [0.25, 0.3) is 0 Å². The first kappa shape index (κ1) is 11.1. The van der Waals surface area contributed by atoms with Gasteiger partial charge in [-0.3, -0.25) is 9.17 Å². The van der Waals surface area contributed by atoms with Crippen LogP contribution < -0.4 is 10.9 Å². The molecule has 5 heteroatoms. The van der Waals surface area contributed by atoms with Crippen LogP contribution in [0.1, 0.15) is 29.9 Å². The van der Waals surface area contributed by atoms with Crippen LogP contribution in [0.3, 0.4) is 0 Å². The van der Waals surface area contributed by atoms with Crippen LogP contribution in [0.2, 0.25) is 0 Å². The predicted octanol–water partition coefficient (Wildman–Crippen LogP) is 2.93. The lowest BCUT2D eigenvalue weighted by Gasteiger charge is -2.05. The smallest absolute Gasteiger partial charge is 0.278 e. The number of hydrogen-bond acceptors (Lipinski definition) is 4. The minimum absolute atomic E-state index is 0.150. The second-order valence-electron chi connectivity index (χ2n) is 4.37. The molecule has 1 aliphatic rings. The van der Waals surface area contributed by atoms with E-state index < -0.39 is 0 Å². The lowest BCUT2D eigenvalue weighted by molar-refractivity contribution is 1.13. The standard InChI is InChI=1S/C13H11N3OS/c14-7-11-12(17)16-18-13(11)15-10-3-1-2-9(6-10)8-4-5-8/h1-3,6,8,15H,4-5H2,(H,16,17). The number of rotatable bonds is 3. The molecule has 2 N–H and O–H groups in total. The molecule has 1 aromatic heterocycles. The maximum atomic E-state index is 11.3. The highest BCUT2D eigenvalue weighted by molar-refractivity contribution is 7.10. The van der Waals surface area contributed by atoms with Gasteiger partial charge in [0, 0.05) is 5.69 Å². The number of anilines is 2. The van der Waals surface area contributed by atoms with Crippen LogP contribution in [0, 0.1) is 11.3 Å². The Bertz CT molecular complexity index is 676. The van der Waals surface area contributed by atoms with Gasteiger partial charge >= 0.3 is 0 Å². The summed E-state index contributed by atoms with van der Waals surface area (Å²) >= 11 is 1.15. The van der Waals surface area contributed by atoms with Crippen LogP contribution >= 0.6 is 11.5 Å². The third-order valence-electron chi connectivity index (χ3n) is 3.00. The minimum atomic E-state index is -0.330. The van der Waals surface area contributed by atoms with E-state index in [0.29, 0.717) is 10.9 Å². The summed E-state index contributed by atoms with van der Waals surface area (Å²) in [7, 11) is 0. The SMILES string of the molecule is N#Cc1c(Nc2cccc(C3CC3)c2)s[nH]c1=O. The monoisotopic (exact) mass is 257 g/mol. The van der Waals surface area contributed by atoms with Crippen molar-refractivity contribution in [2.45, 2.75) is 18.8 Å². The quantitative estimate of drug-likeness (QED) is 0.888. The van der Waals surface area contributed by atoms with E-state index >= 15 is 0 Å². The predicted molar refractivity (Wildman–Crippen MR) is 71.4 cm³/mol. The second kappa shape index (κ2) is 4.31. The van der Waals surface area contributed by atoms with Crippen molar-refractivity contribution in [3.8, 4) is 6.07 Å². The summed E-state index contributed by atoms with van der Waals surface area (Å²) in [6.07, 6.45) is 2.51. The number of nitriles is 1. The molecular formula is C13H11N3OS. The summed E-state index contributed by atoms with van der Waals surface area (Å²) in [5, 5.41) is 12.6. The minimum Gasteiger partial charge on any atom is -0.345 e. The molecule has 1 aliphatic carbocycles. The fourth-order valence-corrected chi connectivity index (χ4v) is 2.62. The van der Waals surface area contributed by atoms with Crippen molar-refractivity contribution in [2.24, 2.45) is 0 Å². The molecule has 18 heavy (non-hydrogen) atoms. The summed E-state index contributed by atoms with van der Waals surface area (Å²) in [4.78, 5) is 11.3. The summed E-state index contributed by atoms with van der Waals surface area (Å²) in [6.45, 7) is 0. The van der Waals surface area contributed by atoms with Crippen molar-refractivity contribution in [2.75, 3.05) is 5.32 Å². The average molecular weight is 257 g/mol. The zero-order valence-corrected chi connectivity index (χ0v) is 10.4. The number of hydrogen-bond donors (Lipinski definition) is 2. The van der Waals surface area contributed by atoms with Crippen molar-refractivity contribution in [1.82, 2.24) is 4.37 Å². The first-order chi connectivity index (χ1) is 8.78. The molecule has 0 unspecified atom stereocenters. The molecule has 0 saturated heterocycles. The van der Waals surface area contributed by atoms with Gasteiger partial charge in [0.15, 0.2) is 5.56 Å². The molecule has 1 saturated carbocycles. The van der Waals surface area contributed by atoms with Crippen molar-refractivity contribution in [1.29, 1.82) is 5.26 Å². The van der Waals surface area contributed by atoms with Gasteiger partial charge in [0.05, 0.1) is 0 Å². The summed E-state index contributed by atoms with van der Waals surface area (Å²) in [5.74, 6) is 0.687. The van der Waals surface area contributed by atoms with Crippen molar-refractivity contribution in [3.63, 3.8) is 0 Å². The lowest BCUT2D eigenvalue weighted by atomic mass is 10.1. The van der Waals surface area contributed by atoms with E-state index in [1.165, 1.54) is 18.4 Å². The number of H-pyrrole nitrogens is 1. The molecule has 0 radical (unpaired) electrons. The molecule has 0 spiro atoms. The van der Waals surface area contributed by atoms with Gasteiger partial charge in [-0.1, -0.05) is 12.1 Å². The Morgan fingerprint density at radius 2 is 2.28 bits per heavy atom. The molecular weight excluding hydrogens is 246 g/mol. The first-order valence-corrected chi connectivity index (χ1v) is 6.58.